The Bertz CT molecular complexity index is 772. The van der Waals surface area contributed by atoms with Crippen molar-refractivity contribution in [3.8, 4) is 0 Å². The number of nitrogens with zero attached hydrogens (tertiary/aromatic N) is 4. The van der Waals surface area contributed by atoms with Crippen molar-refractivity contribution in [3.63, 3.8) is 0 Å². The first-order valence-corrected chi connectivity index (χ1v) is 8.84. The summed E-state index contributed by atoms with van der Waals surface area (Å²) in [6.45, 7) is 1.09. The lowest BCUT2D eigenvalue weighted by Crippen LogP contribution is -2.28. The highest BCUT2D eigenvalue weighted by atomic mass is 79.9. The Labute approximate surface area is 132 Å². The summed E-state index contributed by atoms with van der Waals surface area (Å²) in [4.78, 5) is 0.264. The molecule has 1 aromatic carbocycles. The van der Waals surface area contributed by atoms with E-state index in [4.69, 9.17) is 0 Å². The number of rotatable bonds is 4. The number of fused-ring (bicyclic) bond motifs is 1. The van der Waals surface area contributed by atoms with Crippen LogP contribution in [0.5, 0.6) is 0 Å². The lowest BCUT2D eigenvalue weighted by Gasteiger charge is -2.17. The molecule has 2 aromatic rings. The smallest absolute Gasteiger partial charge is 0.243 e. The molecule has 1 aliphatic heterocycles. The highest BCUT2D eigenvalue weighted by molar-refractivity contribution is 9.10. The maximum Gasteiger partial charge on any atom is 0.243 e. The predicted molar refractivity (Wildman–Crippen MR) is 81.1 cm³/mol. The van der Waals surface area contributed by atoms with Gasteiger partial charge >= 0.3 is 0 Å². The van der Waals surface area contributed by atoms with Gasteiger partial charge in [0, 0.05) is 24.5 Å². The zero-order valence-electron chi connectivity index (χ0n) is 11.5. The van der Waals surface area contributed by atoms with E-state index >= 15 is 0 Å². The van der Waals surface area contributed by atoms with Crippen molar-refractivity contribution in [2.75, 3.05) is 7.05 Å². The van der Waals surface area contributed by atoms with Crippen LogP contribution in [0.15, 0.2) is 33.6 Å². The molecular weight excluding hydrogens is 356 g/mol. The van der Waals surface area contributed by atoms with E-state index < -0.39 is 10.0 Å². The van der Waals surface area contributed by atoms with E-state index in [2.05, 4.69) is 26.1 Å². The van der Waals surface area contributed by atoms with E-state index in [1.165, 1.54) is 4.31 Å². The molecule has 0 unspecified atom stereocenters. The van der Waals surface area contributed by atoms with E-state index in [1.54, 1.807) is 31.3 Å². The molecule has 112 valence electrons. The number of halogens is 1. The van der Waals surface area contributed by atoms with Gasteiger partial charge < -0.3 is 4.57 Å². The van der Waals surface area contributed by atoms with E-state index in [0.29, 0.717) is 5.82 Å². The van der Waals surface area contributed by atoms with Crippen molar-refractivity contribution in [1.82, 2.24) is 19.1 Å². The predicted octanol–water partition coefficient (Wildman–Crippen LogP) is 1.81. The third-order valence-electron chi connectivity index (χ3n) is 3.55. The zero-order chi connectivity index (χ0) is 15.0. The zero-order valence-corrected chi connectivity index (χ0v) is 13.9. The first-order valence-electron chi connectivity index (χ1n) is 6.61. The van der Waals surface area contributed by atoms with Gasteiger partial charge in [0.25, 0.3) is 0 Å². The fourth-order valence-corrected chi connectivity index (χ4v) is 4.14. The molecule has 0 atom stereocenters. The van der Waals surface area contributed by atoms with Crippen LogP contribution in [0.4, 0.5) is 0 Å². The Hall–Kier alpha value is -1.25. The van der Waals surface area contributed by atoms with Gasteiger partial charge in [-0.1, -0.05) is 22.0 Å². The Morgan fingerprint density at radius 3 is 2.95 bits per heavy atom. The second-order valence-electron chi connectivity index (χ2n) is 5.01. The highest BCUT2D eigenvalue weighted by Crippen LogP contribution is 2.21. The van der Waals surface area contributed by atoms with Crippen molar-refractivity contribution in [1.29, 1.82) is 0 Å². The van der Waals surface area contributed by atoms with Crippen LogP contribution in [0.3, 0.4) is 0 Å². The molecule has 2 heterocycles. The molecule has 3 rings (SSSR count). The summed E-state index contributed by atoms with van der Waals surface area (Å²) in [5, 5.41) is 8.20. The molecule has 0 saturated heterocycles. The van der Waals surface area contributed by atoms with E-state index in [9.17, 15) is 8.42 Å². The maximum absolute atomic E-state index is 12.6. The number of hydrogen-bond acceptors (Lipinski definition) is 4. The Kier molecular flexibility index (Phi) is 3.85. The SMILES string of the molecule is CN(Cc1nnc2n1CCC2)S(=O)(=O)c1cccc(Br)c1. The third-order valence-corrected chi connectivity index (χ3v) is 5.85. The number of hydrogen-bond donors (Lipinski definition) is 0. The van der Waals surface area contributed by atoms with Gasteiger partial charge in [0.15, 0.2) is 0 Å². The summed E-state index contributed by atoms with van der Waals surface area (Å²) in [6.07, 6.45) is 1.95. The standard InChI is InChI=1S/C13H15BrN4O2S/c1-17(9-13-16-15-12-6-3-7-18(12)13)21(19,20)11-5-2-4-10(14)8-11/h2,4-5,8H,3,6-7,9H2,1H3. The van der Waals surface area contributed by atoms with E-state index in [-0.39, 0.29) is 11.4 Å². The van der Waals surface area contributed by atoms with Crippen LogP contribution in [0.2, 0.25) is 0 Å². The normalized spacial score (nSPS) is 14.6. The summed E-state index contributed by atoms with van der Waals surface area (Å²) in [6, 6.07) is 6.69. The molecule has 0 bridgehead atoms. The average Bonchev–Trinajstić information content (AvgIpc) is 3.03. The van der Waals surface area contributed by atoms with E-state index in [1.807, 2.05) is 4.57 Å². The molecular formula is C13H15BrN4O2S. The maximum atomic E-state index is 12.6. The molecule has 0 radical (unpaired) electrons. The van der Waals surface area contributed by atoms with Gasteiger partial charge in [-0.05, 0) is 24.6 Å². The van der Waals surface area contributed by atoms with Gasteiger partial charge in [0.1, 0.15) is 11.6 Å². The van der Waals surface area contributed by atoms with Gasteiger partial charge in [0.2, 0.25) is 10.0 Å². The van der Waals surface area contributed by atoms with Crippen LogP contribution in [-0.2, 0) is 29.5 Å². The van der Waals surface area contributed by atoms with Crippen molar-refractivity contribution in [2.45, 2.75) is 30.8 Å². The van der Waals surface area contributed by atoms with Gasteiger partial charge in [-0.15, -0.1) is 10.2 Å². The minimum Gasteiger partial charge on any atom is -0.314 e. The summed E-state index contributed by atoms with van der Waals surface area (Å²) < 4.78 is 29.2. The van der Waals surface area contributed by atoms with Gasteiger partial charge in [-0.3, -0.25) is 0 Å². The van der Waals surface area contributed by atoms with Crippen LogP contribution in [-0.4, -0.2) is 34.5 Å². The van der Waals surface area contributed by atoms with Crippen LogP contribution in [0, 0.1) is 0 Å². The summed E-state index contributed by atoms with van der Waals surface area (Å²) in [5.41, 5.74) is 0. The van der Waals surface area contributed by atoms with Crippen molar-refractivity contribution in [3.05, 3.63) is 40.4 Å². The number of aryl methyl sites for hydroxylation is 1. The molecule has 8 heteroatoms. The molecule has 0 aliphatic carbocycles. The second kappa shape index (κ2) is 5.51. The largest absolute Gasteiger partial charge is 0.314 e. The first kappa shape index (κ1) is 14.7. The fourth-order valence-electron chi connectivity index (χ4n) is 2.42. The number of benzene rings is 1. The van der Waals surface area contributed by atoms with Crippen molar-refractivity contribution >= 4 is 26.0 Å². The fraction of sp³-hybridized carbons (Fsp3) is 0.385. The van der Waals surface area contributed by atoms with Crippen LogP contribution >= 0.6 is 15.9 Å². The Morgan fingerprint density at radius 1 is 1.38 bits per heavy atom. The lowest BCUT2D eigenvalue weighted by atomic mass is 10.4. The van der Waals surface area contributed by atoms with Crippen LogP contribution in [0.25, 0.3) is 0 Å². The van der Waals surface area contributed by atoms with Gasteiger partial charge in [-0.25, -0.2) is 8.42 Å². The minimum absolute atomic E-state index is 0.224. The number of aromatic nitrogens is 3. The first-order chi connectivity index (χ1) is 9.98. The van der Waals surface area contributed by atoms with Crippen molar-refractivity contribution < 1.29 is 8.42 Å². The summed E-state index contributed by atoms with van der Waals surface area (Å²) >= 11 is 3.30. The summed E-state index contributed by atoms with van der Waals surface area (Å²) in [7, 11) is -1.97. The molecule has 6 nitrogen and oxygen atoms in total. The monoisotopic (exact) mass is 370 g/mol. The molecule has 21 heavy (non-hydrogen) atoms. The molecule has 0 fully saturated rings. The quantitative estimate of drug-likeness (QED) is 0.822. The molecule has 0 N–H and O–H groups in total. The molecule has 0 spiro atoms. The number of sulfonamides is 1. The lowest BCUT2D eigenvalue weighted by molar-refractivity contribution is 0.447. The topological polar surface area (TPSA) is 68.1 Å². The van der Waals surface area contributed by atoms with Crippen LogP contribution in [0.1, 0.15) is 18.1 Å². The van der Waals surface area contributed by atoms with Crippen LogP contribution < -0.4 is 0 Å². The summed E-state index contributed by atoms with van der Waals surface area (Å²) in [5.74, 6) is 1.64. The van der Waals surface area contributed by atoms with Gasteiger partial charge in [-0.2, -0.15) is 4.31 Å². The third kappa shape index (κ3) is 2.75. The molecule has 1 aromatic heterocycles. The van der Waals surface area contributed by atoms with E-state index in [0.717, 1.165) is 29.7 Å². The molecule has 0 saturated carbocycles. The molecule has 0 amide bonds. The second-order valence-corrected chi connectivity index (χ2v) is 7.97. The highest BCUT2D eigenvalue weighted by Gasteiger charge is 2.25. The minimum atomic E-state index is -3.53. The van der Waals surface area contributed by atoms with Crippen molar-refractivity contribution in [2.24, 2.45) is 0 Å². The molecule has 1 aliphatic rings. The Morgan fingerprint density at radius 2 is 2.19 bits per heavy atom. The average molecular weight is 371 g/mol. The van der Waals surface area contributed by atoms with Gasteiger partial charge in [0.05, 0.1) is 11.4 Å². The Balaban J connectivity index is 1.85.